The molecule has 1 aromatic heterocycles. The minimum atomic E-state index is -3.92. The van der Waals surface area contributed by atoms with Crippen LogP contribution in [0.4, 0.5) is 11.5 Å². The van der Waals surface area contributed by atoms with E-state index in [1.807, 2.05) is 30.3 Å². The number of carboxylic acid groups (broad SMARTS) is 1. The summed E-state index contributed by atoms with van der Waals surface area (Å²) in [4.78, 5) is 17.4. The van der Waals surface area contributed by atoms with Crippen molar-refractivity contribution in [1.29, 1.82) is 0 Å². The molecule has 0 bridgehead atoms. The molecule has 0 aliphatic carbocycles. The van der Waals surface area contributed by atoms with Crippen LogP contribution in [0.25, 0.3) is 0 Å². The van der Waals surface area contributed by atoms with Crippen molar-refractivity contribution >= 4 is 27.5 Å². The zero-order chi connectivity index (χ0) is 21.0. The molecule has 2 aromatic carbocycles. The van der Waals surface area contributed by atoms with Crippen LogP contribution in [0.2, 0.25) is 0 Å². The average molecular weight is 411 g/mol. The molecule has 0 saturated carbocycles. The molecule has 7 nitrogen and oxygen atoms in total. The van der Waals surface area contributed by atoms with Gasteiger partial charge in [0, 0.05) is 19.8 Å². The van der Waals surface area contributed by atoms with Gasteiger partial charge in [0.05, 0.1) is 16.1 Å². The van der Waals surface area contributed by atoms with Gasteiger partial charge in [0.2, 0.25) is 0 Å². The first kappa shape index (κ1) is 20.3. The number of aromatic carboxylic acids is 1. The van der Waals surface area contributed by atoms with Crippen molar-refractivity contribution in [2.24, 2.45) is 0 Å². The summed E-state index contributed by atoms with van der Waals surface area (Å²) in [5.41, 5.74) is 1.80. The third-order valence-electron chi connectivity index (χ3n) is 4.28. The Balaban J connectivity index is 1.99. The number of carboxylic acids is 1. The second kappa shape index (κ2) is 8.32. The van der Waals surface area contributed by atoms with Crippen LogP contribution in [0.5, 0.6) is 0 Å². The van der Waals surface area contributed by atoms with Gasteiger partial charge in [-0.15, -0.1) is 0 Å². The van der Waals surface area contributed by atoms with Gasteiger partial charge in [0.1, 0.15) is 0 Å². The van der Waals surface area contributed by atoms with Crippen molar-refractivity contribution in [3.8, 4) is 0 Å². The molecule has 0 atom stereocenters. The lowest BCUT2D eigenvalue weighted by atomic mass is 10.2. The Morgan fingerprint density at radius 1 is 1.10 bits per heavy atom. The van der Waals surface area contributed by atoms with Crippen molar-refractivity contribution in [3.63, 3.8) is 0 Å². The molecule has 0 fully saturated rings. The van der Waals surface area contributed by atoms with E-state index in [-0.39, 0.29) is 16.1 Å². The fraction of sp³-hybridized carbons (Fsp3) is 0.143. The molecule has 3 rings (SSSR count). The molecule has 0 spiro atoms. The summed E-state index contributed by atoms with van der Waals surface area (Å²) in [6, 6.07) is 17.4. The SMILES string of the molecule is Cc1cccc(S(=O)(=O)Nc2cc(C(=O)O)cnc2N(C)Cc2ccccc2)c1. The van der Waals surface area contributed by atoms with E-state index in [0.29, 0.717) is 12.4 Å². The number of hydrogen-bond donors (Lipinski definition) is 2. The molecule has 8 heteroatoms. The maximum Gasteiger partial charge on any atom is 0.337 e. The first-order valence-corrected chi connectivity index (χ1v) is 10.3. The molecule has 0 radical (unpaired) electrons. The summed E-state index contributed by atoms with van der Waals surface area (Å²) in [6.45, 7) is 2.27. The molecule has 0 amide bonds. The van der Waals surface area contributed by atoms with Gasteiger partial charge in [-0.05, 0) is 36.2 Å². The van der Waals surface area contributed by atoms with Crippen LogP contribution in [0.15, 0.2) is 71.8 Å². The Kier molecular flexibility index (Phi) is 5.84. The second-order valence-corrected chi connectivity index (χ2v) is 8.35. The predicted molar refractivity (Wildman–Crippen MR) is 112 cm³/mol. The summed E-state index contributed by atoms with van der Waals surface area (Å²) in [5.74, 6) is -0.860. The first-order valence-electron chi connectivity index (χ1n) is 8.84. The number of pyridine rings is 1. The standard InChI is InChI=1S/C21H21N3O4S/c1-15-7-6-10-18(11-15)29(27,28)23-19-12-17(21(25)26)13-22-20(19)24(2)14-16-8-4-3-5-9-16/h3-13,23H,14H2,1-2H3,(H,25,26). The molecule has 29 heavy (non-hydrogen) atoms. The molecular formula is C21H21N3O4S. The van der Waals surface area contributed by atoms with Gasteiger partial charge in [-0.25, -0.2) is 18.2 Å². The van der Waals surface area contributed by atoms with Crippen LogP contribution in [0, 0.1) is 6.92 Å². The second-order valence-electron chi connectivity index (χ2n) is 6.66. The Morgan fingerprint density at radius 3 is 2.48 bits per heavy atom. The number of aryl methyl sites for hydroxylation is 1. The molecule has 0 saturated heterocycles. The fourth-order valence-electron chi connectivity index (χ4n) is 2.87. The number of hydrogen-bond acceptors (Lipinski definition) is 5. The highest BCUT2D eigenvalue weighted by Crippen LogP contribution is 2.28. The van der Waals surface area contributed by atoms with E-state index >= 15 is 0 Å². The summed E-state index contributed by atoms with van der Waals surface area (Å²) in [6.07, 6.45) is 1.21. The number of anilines is 2. The van der Waals surface area contributed by atoms with Crippen molar-refractivity contribution in [1.82, 2.24) is 4.98 Å². The Hall–Kier alpha value is -3.39. The smallest absolute Gasteiger partial charge is 0.337 e. The number of nitrogens with zero attached hydrogens (tertiary/aromatic N) is 2. The number of rotatable bonds is 7. The van der Waals surface area contributed by atoms with Crippen molar-refractivity contribution in [3.05, 3.63) is 83.6 Å². The third kappa shape index (κ3) is 4.91. The zero-order valence-electron chi connectivity index (χ0n) is 16.0. The van der Waals surface area contributed by atoms with E-state index in [1.165, 1.54) is 18.3 Å². The molecule has 0 aliphatic heterocycles. The van der Waals surface area contributed by atoms with Gasteiger partial charge >= 0.3 is 5.97 Å². The fourth-order valence-corrected chi connectivity index (χ4v) is 4.03. The Morgan fingerprint density at radius 2 is 1.83 bits per heavy atom. The average Bonchev–Trinajstić information content (AvgIpc) is 2.68. The van der Waals surface area contributed by atoms with E-state index < -0.39 is 16.0 Å². The van der Waals surface area contributed by atoms with E-state index in [2.05, 4.69) is 9.71 Å². The van der Waals surface area contributed by atoms with Gasteiger partial charge in [-0.1, -0.05) is 42.5 Å². The van der Waals surface area contributed by atoms with Crippen LogP contribution < -0.4 is 9.62 Å². The summed E-state index contributed by atoms with van der Waals surface area (Å²) >= 11 is 0. The highest BCUT2D eigenvalue weighted by molar-refractivity contribution is 7.92. The largest absolute Gasteiger partial charge is 0.478 e. The number of nitrogens with one attached hydrogen (secondary N) is 1. The van der Waals surface area contributed by atoms with Crippen LogP contribution in [0.3, 0.4) is 0 Å². The van der Waals surface area contributed by atoms with E-state index in [0.717, 1.165) is 11.1 Å². The maximum absolute atomic E-state index is 12.9. The molecule has 1 heterocycles. The molecule has 2 N–H and O–H groups in total. The van der Waals surface area contributed by atoms with Crippen LogP contribution >= 0.6 is 0 Å². The number of sulfonamides is 1. The lowest BCUT2D eigenvalue weighted by Gasteiger charge is -2.22. The highest BCUT2D eigenvalue weighted by atomic mass is 32.2. The topological polar surface area (TPSA) is 99.6 Å². The van der Waals surface area contributed by atoms with Crippen molar-refractivity contribution < 1.29 is 18.3 Å². The van der Waals surface area contributed by atoms with Crippen molar-refractivity contribution in [2.75, 3.05) is 16.7 Å². The van der Waals surface area contributed by atoms with E-state index in [1.54, 1.807) is 37.1 Å². The Bertz CT molecular complexity index is 1130. The molecule has 0 aliphatic rings. The highest BCUT2D eigenvalue weighted by Gasteiger charge is 2.20. The third-order valence-corrected chi connectivity index (χ3v) is 5.65. The quantitative estimate of drug-likeness (QED) is 0.617. The van der Waals surface area contributed by atoms with E-state index in [9.17, 15) is 18.3 Å². The molecule has 0 unspecified atom stereocenters. The summed E-state index contributed by atoms with van der Waals surface area (Å²) in [7, 11) is -2.15. The summed E-state index contributed by atoms with van der Waals surface area (Å²) < 4.78 is 28.2. The number of benzene rings is 2. The van der Waals surface area contributed by atoms with Gasteiger partial charge in [-0.3, -0.25) is 4.72 Å². The lowest BCUT2D eigenvalue weighted by molar-refractivity contribution is 0.0696. The van der Waals surface area contributed by atoms with Gasteiger partial charge in [-0.2, -0.15) is 0 Å². The molecule has 150 valence electrons. The van der Waals surface area contributed by atoms with Gasteiger partial charge in [0.25, 0.3) is 10.0 Å². The predicted octanol–water partition coefficient (Wildman–Crippen LogP) is 3.53. The van der Waals surface area contributed by atoms with Crippen LogP contribution in [-0.4, -0.2) is 31.5 Å². The van der Waals surface area contributed by atoms with Gasteiger partial charge in [0.15, 0.2) is 5.82 Å². The lowest BCUT2D eigenvalue weighted by Crippen LogP contribution is -2.22. The normalized spacial score (nSPS) is 11.1. The van der Waals surface area contributed by atoms with E-state index in [4.69, 9.17) is 0 Å². The first-order chi connectivity index (χ1) is 13.8. The van der Waals surface area contributed by atoms with Gasteiger partial charge < -0.3 is 10.0 Å². The maximum atomic E-state index is 12.9. The minimum Gasteiger partial charge on any atom is -0.478 e. The Labute approximate surface area is 169 Å². The molecular weight excluding hydrogens is 390 g/mol. The van der Waals surface area contributed by atoms with Crippen LogP contribution in [0.1, 0.15) is 21.5 Å². The van der Waals surface area contributed by atoms with Crippen LogP contribution in [-0.2, 0) is 16.6 Å². The molecule has 3 aromatic rings. The summed E-state index contributed by atoms with van der Waals surface area (Å²) in [5, 5.41) is 9.29. The minimum absolute atomic E-state index is 0.0925. The number of aromatic nitrogens is 1. The van der Waals surface area contributed by atoms with Crippen molar-refractivity contribution in [2.45, 2.75) is 18.4 Å². The monoisotopic (exact) mass is 411 g/mol. The number of carbonyl (C=O) groups is 1. The zero-order valence-corrected chi connectivity index (χ0v) is 16.8.